The third kappa shape index (κ3) is 7.68. The van der Waals surface area contributed by atoms with Gasteiger partial charge >= 0.3 is 6.09 Å². The fourth-order valence-electron chi connectivity index (χ4n) is 6.69. The second-order valence-corrected chi connectivity index (χ2v) is 16.8. The van der Waals surface area contributed by atoms with Gasteiger partial charge in [-0.15, -0.1) is 0 Å². The zero-order valence-corrected chi connectivity index (χ0v) is 30.3. The number of aromatic amines is 1. The molecule has 7 rings (SSSR count). The van der Waals surface area contributed by atoms with E-state index in [1.165, 1.54) is 6.33 Å². The van der Waals surface area contributed by atoms with Crippen molar-refractivity contribution in [3.05, 3.63) is 99.4 Å². The molecule has 2 aromatic rings. The van der Waals surface area contributed by atoms with Crippen molar-refractivity contribution < 1.29 is 22.7 Å². The largest absolute Gasteiger partial charge is 0.474 e. The maximum absolute atomic E-state index is 14.1. The highest BCUT2D eigenvalue weighted by atomic mass is 32.2. The van der Waals surface area contributed by atoms with Crippen molar-refractivity contribution in [2.75, 3.05) is 18.8 Å². The second kappa shape index (κ2) is 13.3. The highest BCUT2D eigenvalue weighted by Gasteiger charge is 2.41. The van der Waals surface area contributed by atoms with Crippen LogP contribution in [0.4, 0.5) is 4.79 Å². The summed E-state index contributed by atoms with van der Waals surface area (Å²) < 4.78 is 40.1. The highest BCUT2D eigenvalue weighted by Crippen LogP contribution is 2.40. The molecular weight excluding hydrogens is 667 g/mol. The minimum absolute atomic E-state index is 0.0359. The van der Waals surface area contributed by atoms with E-state index in [-0.39, 0.29) is 28.8 Å². The molecular formula is C38H43N7O5S. The summed E-state index contributed by atoms with van der Waals surface area (Å²) in [5.41, 5.74) is 2.00. The van der Waals surface area contributed by atoms with Gasteiger partial charge in [0.15, 0.2) is 9.84 Å². The number of H-pyrrole nitrogens is 1. The van der Waals surface area contributed by atoms with Crippen molar-refractivity contribution in [1.29, 1.82) is 0 Å². The van der Waals surface area contributed by atoms with Crippen LogP contribution in [0, 0.1) is 5.92 Å². The summed E-state index contributed by atoms with van der Waals surface area (Å²) in [5, 5.41) is 5.30. The first-order valence-electron chi connectivity index (χ1n) is 17.3. The van der Waals surface area contributed by atoms with E-state index < -0.39 is 21.0 Å². The molecule has 0 aliphatic carbocycles. The zero-order chi connectivity index (χ0) is 36.0. The Morgan fingerprint density at radius 1 is 1.02 bits per heavy atom. The molecule has 0 radical (unpaired) electrons. The van der Waals surface area contributed by atoms with Gasteiger partial charge in [-0.1, -0.05) is 19.9 Å². The number of aromatic nitrogens is 3. The molecule has 7 heterocycles. The number of carbonyl (C=O) groups excluding carboxylic acids is 1. The van der Waals surface area contributed by atoms with E-state index in [0.29, 0.717) is 66.7 Å². The van der Waals surface area contributed by atoms with E-state index in [4.69, 9.17) is 24.4 Å². The molecule has 5 aliphatic heterocycles. The Balaban J connectivity index is 1.25. The maximum Gasteiger partial charge on any atom is 0.410 e. The third-order valence-corrected chi connectivity index (χ3v) is 11.0. The van der Waals surface area contributed by atoms with Gasteiger partial charge < -0.3 is 24.7 Å². The van der Waals surface area contributed by atoms with Crippen LogP contribution in [0.3, 0.4) is 0 Å². The molecule has 13 heteroatoms. The Morgan fingerprint density at radius 3 is 2.43 bits per heavy atom. The van der Waals surface area contributed by atoms with E-state index in [0.717, 1.165) is 16.4 Å². The molecule has 8 bridgehead atoms. The number of likely N-dealkylation sites (tertiary alicyclic amines) is 1. The monoisotopic (exact) mass is 709 g/mol. The van der Waals surface area contributed by atoms with Gasteiger partial charge in [-0.25, -0.2) is 33.2 Å². The Kier molecular flexibility index (Phi) is 8.94. The Morgan fingerprint density at radius 2 is 1.73 bits per heavy atom. The number of piperidine rings is 1. The number of nitrogens with one attached hydrogen (secondary N) is 2. The topological polar surface area (TPSA) is 151 Å². The number of amides is 1. The molecule has 0 spiro atoms. The van der Waals surface area contributed by atoms with Gasteiger partial charge in [0, 0.05) is 49.1 Å². The van der Waals surface area contributed by atoms with Gasteiger partial charge in [-0.2, -0.15) is 0 Å². The van der Waals surface area contributed by atoms with Gasteiger partial charge in [0.2, 0.25) is 5.88 Å². The Bertz CT molecular complexity index is 2210. The normalized spacial score (nSPS) is 21.8. The van der Waals surface area contributed by atoms with Crippen LogP contribution < -0.4 is 20.8 Å². The van der Waals surface area contributed by atoms with Crippen LogP contribution in [0.2, 0.25) is 0 Å². The molecule has 0 aromatic carbocycles. The van der Waals surface area contributed by atoms with Gasteiger partial charge in [-0.3, -0.25) is 0 Å². The summed E-state index contributed by atoms with van der Waals surface area (Å²) in [6.07, 6.45) is 17.8. The number of ether oxygens (including phenoxy) is 2. The first-order valence-corrected chi connectivity index (χ1v) is 19.0. The first kappa shape index (κ1) is 34.4. The van der Waals surface area contributed by atoms with Crippen LogP contribution in [-0.4, -0.2) is 76.3 Å². The van der Waals surface area contributed by atoms with E-state index in [1.807, 2.05) is 89.3 Å². The molecule has 0 saturated carbocycles. The van der Waals surface area contributed by atoms with Gasteiger partial charge in [0.1, 0.15) is 28.5 Å². The summed E-state index contributed by atoms with van der Waals surface area (Å²) in [6.45, 7) is 10.4. The number of sulfone groups is 1. The molecule has 2 aromatic heterocycles. The van der Waals surface area contributed by atoms with E-state index in [1.54, 1.807) is 17.0 Å². The predicted octanol–water partition coefficient (Wildman–Crippen LogP) is 4.12. The fourth-order valence-corrected chi connectivity index (χ4v) is 8.64. The van der Waals surface area contributed by atoms with Crippen molar-refractivity contribution in [1.82, 2.24) is 25.2 Å². The van der Waals surface area contributed by atoms with E-state index in [9.17, 15) is 13.2 Å². The second-order valence-electron chi connectivity index (χ2n) is 14.8. The summed E-state index contributed by atoms with van der Waals surface area (Å²) >= 11 is 0. The summed E-state index contributed by atoms with van der Waals surface area (Å²) in [5.74, 6) is 0.258. The smallest absolute Gasteiger partial charge is 0.410 e. The average Bonchev–Trinajstić information content (AvgIpc) is 3.86. The lowest BCUT2D eigenvalue weighted by atomic mass is 9.91. The molecule has 1 amide bonds. The van der Waals surface area contributed by atoms with Crippen LogP contribution in [-0.2, 0) is 20.1 Å². The standard InChI is InChI=1S/C38H43N7O5S/c1-24(2)22-51(47,48)35-31-11-10-28(43-31)19-26-7-6-25(41-26)18-27-8-9-29(42-27)21-38(15-12-32(35)44-38)33-20-34(40-23-39-33)49-30-13-16-45(17-14-30)36(46)50-37(3,4)5/h6-12,18-21,23-24,30,41,44H,13-17,22H2,1-5H3. The fraction of sp³-hybridized carbons (Fsp3) is 0.395. The summed E-state index contributed by atoms with van der Waals surface area (Å²) in [4.78, 5) is 36.6. The SMILES string of the molecule is CC(C)CS(=O)(=O)C1=C2C=CC(=N2)C=c2ccc([nH]2)=CC2=NC(=CC3(c4cc(OC5CCN(C(=O)OC(C)(C)C)CC5)ncn4)CC=C1N3)C=C2. The van der Waals surface area contributed by atoms with Crippen LogP contribution in [0.5, 0.6) is 5.88 Å². The number of hydrogen-bond donors (Lipinski definition) is 2. The highest BCUT2D eigenvalue weighted by molar-refractivity contribution is 7.95. The molecule has 1 atom stereocenters. The molecule has 51 heavy (non-hydrogen) atoms. The lowest BCUT2D eigenvalue weighted by molar-refractivity contribution is 0.0122. The van der Waals surface area contributed by atoms with Crippen molar-refractivity contribution in [2.45, 2.75) is 71.1 Å². The lowest BCUT2D eigenvalue weighted by Gasteiger charge is -2.33. The number of hydrogen-bond acceptors (Lipinski definition) is 10. The molecule has 1 saturated heterocycles. The van der Waals surface area contributed by atoms with Crippen molar-refractivity contribution in [3.63, 3.8) is 0 Å². The molecule has 2 N–H and O–H groups in total. The lowest BCUT2D eigenvalue weighted by Crippen LogP contribution is -2.44. The third-order valence-electron chi connectivity index (χ3n) is 8.88. The number of rotatable bonds is 6. The Labute approximate surface area is 297 Å². The quantitative estimate of drug-likeness (QED) is 0.455. The number of carbonyl (C=O) groups is 1. The molecule has 1 unspecified atom stereocenters. The molecule has 5 aliphatic rings. The summed E-state index contributed by atoms with van der Waals surface area (Å²) in [6, 6.07) is 5.72. The molecule has 1 fully saturated rings. The van der Waals surface area contributed by atoms with Gasteiger partial charge in [0.25, 0.3) is 0 Å². The number of allylic oxidation sites excluding steroid dienone is 4. The average molecular weight is 710 g/mol. The van der Waals surface area contributed by atoms with Crippen molar-refractivity contribution in [3.8, 4) is 5.88 Å². The van der Waals surface area contributed by atoms with Crippen LogP contribution >= 0.6 is 0 Å². The number of fused-ring (bicyclic) bond motifs is 6. The Hall–Kier alpha value is -5.04. The summed E-state index contributed by atoms with van der Waals surface area (Å²) in [7, 11) is -3.77. The van der Waals surface area contributed by atoms with E-state index >= 15 is 0 Å². The minimum Gasteiger partial charge on any atom is -0.474 e. The predicted molar refractivity (Wildman–Crippen MR) is 197 cm³/mol. The first-order chi connectivity index (χ1) is 24.2. The van der Waals surface area contributed by atoms with Gasteiger partial charge in [0.05, 0.1) is 40.0 Å². The van der Waals surface area contributed by atoms with Crippen LogP contribution in [0.1, 0.15) is 59.6 Å². The van der Waals surface area contributed by atoms with E-state index in [2.05, 4.69) is 15.3 Å². The van der Waals surface area contributed by atoms with Crippen LogP contribution in [0.25, 0.3) is 12.2 Å². The molecule has 266 valence electrons. The van der Waals surface area contributed by atoms with Gasteiger partial charge in [-0.05, 0) is 81.4 Å². The zero-order valence-electron chi connectivity index (χ0n) is 29.5. The van der Waals surface area contributed by atoms with Crippen molar-refractivity contribution in [2.24, 2.45) is 15.9 Å². The van der Waals surface area contributed by atoms with Crippen LogP contribution in [0.15, 0.2) is 93.0 Å². The van der Waals surface area contributed by atoms with Crippen molar-refractivity contribution >= 4 is 39.5 Å². The number of aliphatic imine (C=N–C) groups is 2. The minimum atomic E-state index is -3.77. The molecule has 12 nitrogen and oxygen atoms in total. The maximum atomic E-state index is 14.1. The number of nitrogens with zero attached hydrogens (tertiary/aromatic N) is 5.